The molecule has 0 unspecified atom stereocenters. The molecular weight excluding hydrogens is 184 g/mol. The molecule has 0 bridgehead atoms. The minimum Gasteiger partial charge on any atom is -0.507 e. The molecule has 0 atom stereocenters. The highest BCUT2D eigenvalue weighted by Crippen LogP contribution is 2.32. The maximum atomic E-state index is 11.0. The van der Waals surface area contributed by atoms with Gasteiger partial charge >= 0.3 is 0 Å². The lowest BCUT2D eigenvalue weighted by molar-refractivity contribution is 0.101. The molecule has 0 spiro atoms. The lowest BCUT2D eigenvalue weighted by Gasteiger charge is -2.06. The Morgan fingerprint density at radius 1 is 1.43 bits per heavy atom. The highest BCUT2D eigenvalue weighted by atomic mass is 16.5. The second-order valence-corrected chi connectivity index (χ2v) is 2.68. The molecule has 0 radical (unpaired) electrons. The van der Waals surface area contributed by atoms with Crippen molar-refractivity contribution in [3.63, 3.8) is 0 Å². The number of ketones is 1. The standard InChI is InChI=1S/C10H10O4/c1-3-14-7-4-8(12)10(6(2)11)9(13)5-7/h3-5,12-13H,1H2,2H3. The SMILES string of the molecule is C=COc1cc(O)c(C(C)=O)c(O)c1. The molecule has 0 amide bonds. The van der Waals surface area contributed by atoms with Crippen LogP contribution in [0.5, 0.6) is 17.2 Å². The van der Waals surface area contributed by atoms with Gasteiger partial charge in [-0.15, -0.1) is 0 Å². The van der Waals surface area contributed by atoms with Crippen molar-refractivity contribution in [2.24, 2.45) is 0 Å². The molecule has 0 aliphatic rings. The molecule has 0 heterocycles. The van der Waals surface area contributed by atoms with Crippen LogP contribution in [-0.4, -0.2) is 16.0 Å². The van der Waals surface area contributed by atoms with Gasteiger partial charge in [0.1, 0.15) is 22.8 Å². The van der Waals surface area contributed by atoms with Gasteiger partial charge in [0.2, 0.25) is 0 Å². The van der Waals surface area contributed by atoms with Gasteiger partial charge in [0, 0.05) is 12.1 Å². The molecule has 4 nitrogen and oxygen atoms in total. The number of hydrogen-bond donors (Lipinski definition) is 2. The molecule has 1 aromatic carbocycles. The van der Waals surface area contributed by atoms with E-state index in [2.05, 4.69) is 6.58 Å². The van der Waals surface area contributed by atoms with E-state index >= 15 is 0 Å². The van der Waals surface area contributed by atoms with Gasteiger partial charge in [0.15, 0.2) is 5.78 Å². The van der Waals surface area contributed by atoms with E-state index in [0.717, 1.165) is 6.26 Å². The van der Waals surface area contributed by atoms with E-state index in [4.69, 9.17) is 4.74 Å². The second kappa shape index (κ2) is 3.83. The van der Waals surface area contributed by atoms with Crippen molar-refractivity contribution >= 4 is 5.78 Å². The first-order valence-corrected chi connectivity index (χ1v) is 3.90. The average Bonchev–Trinajstić information content (AvgIpc) is 2.01. The minimum absolute atomic E-state index is 0.110. The summed E-state index contributed by atoms with van der Waals surface area (Å²) in [6.07, 6.45) is 1.15. The van der Waals surface area contributed by atoms with Gasteiger partial charge in [-0.05, 0) is 6.92 Å². The maximum Gasteiger partial charge on any atom is 0.167 e. The largest absolute Gasteiger partial charge is 0.507 e. The zero-order valence-corrected chi connectivity index (χ0v) is 7.65. The molecule has 14 heavy (non-hydrogen) atoms. The van der Waals surface area contributed by atoms with Gasteiger partial charge in [-0.1, -0.05) is 6.58 Å². The van der Waals surface area contributed by atoms with E-state index in [1.807, 2.05) is 0 Å². The first kappa shape index (κ1) is 10.1. The summed E-state index contributed by atoms with van der Waals surface area (Å²) in [5, 5.41) is 18.7. The monoisotopic (exact) mass is 194 g/mol. The highest BCUT2D eigenvalue weighted by Gasteiger charge is 2.14. The molecular formula is C10H10O4. The number of phenols is 2. The van der Waals surface area contributed by atoms with E-state index in [1.54, 1.807) is 0 Å². The zero-order valence-electron chi connectivity index (χ0n) is 7.65. The van der Waals surface area contributed by atoms with Crippen molar-refractivity contribution in [1.82, 2.24) is 0 Å². The van der Waals surface area contributed by atoms with Crippen LogP contribution in [0.2, 0.25) is 0 Å². The number of aromatic hydroxyl groups is 2. The van der Waals surface area contributed by atoms with Crippen LogP contribution < -0.4 is 4.74 Å². The number of phenolic OH excluding ortho intramolecular Hbond substituents is 2. The molecule has 0 fully saturated rings. The van der Waals surface area contributed by atoms with E-state index in [-0.39, 0.29) is 22.8 Å². The predicted molar refractivity (Wildman–Crippen MR) is 50.6 cm³/mol. The Bertz CT molecular complexity index is 359. The lowest BCUT2D eigenvalue weighted by atomic mass is 10.1. The van der Waals surface area contributed by atoms with Crippen LogP contribution in [0.4, 0.5) is 0 Å². The van der Waals surface area contributed by atoms with Crippen LogP contribution in [0.1, 0.15) is 17.3 Å². The Morgan fingerprint density at radius 2 is 1.93 bits per heavy atom. The van der Waals surface area contributed by atoms with E-state index in [9.17, 15) is 15.0 Å². The Balaban J connectivity index is 3.24. The fourth-order valence-corrected chi connectivity index (χ4v) is 1.11. The summed E-state index contributed by atoms with van der Waals surface area (Å²) in [6, 6.07) is 2.47. The third kappa shape index (κ3) is 1.85. The summed E-state index contributed by atoms with van der Waals surface area (Å²) in [6.45, 7) is 4.57. The maximum absolute atomic E-state index is 11.0. The smallest absolute Gasteiger partial charge is 0.167 e. The molecule has 0 saturated heterocycles. The van der Waals surface area contributed by atoms with Gasteiger partial charge in [0.25, 0.3) is 0 Å². The predicted octanol–water partition coefficient (Wildman–Crippen LogP) is 1.82. The van der Waals surface area contributed by atoms with E-state index < -0.39 is 5.78 Å². The number of Topliss-reactive ketones (excluding diaryl/α,β-unsaturated/α-hetero) is 1. The molecule has 74 valence electrons. The van der Waals surface area contributed by atoms with Gasteiger partial charge in [-0.3, -0.25) is 4.79 Å². The van der Waals surface area contributed by atoms with Crippen LogP contribution >= 0.6 is 0 Å². The van der Waals surface area contributed by atoms with Crippen molar-refractivity contribution in [2.45, 2.75) is 6.92 Å². The van der Waals surface area contributed by atoms with E-state index in [1.165, 1.54) is 19.1 Å². The van der Waals surface area contributed by atoms with Gasteiger partial charge in [-0.2, -0.15) is 0 Å². The average molecular weight is 194 g/mol. The molecule has 0 aromatic heterocycles. The fourth-order valence-electron chi connectivity index (χ4n) is 1.11. The number of hydrogen-bond acceptors (Lipinski definition) is 4. The number of rotatable bonds is 3. The highest BCUT2D eigenvalue weighted by molar-refractivity contribution is 5.99. The molecule has 1 aromatic rings. The first-order chi connectivity index (χ1) is 6.56. The molecule has 4 heteroatoms. The van der Waals surface area contributed by atoms with Crippen molar-refractivity contribution in [3.05, 3.63) is 30.5 Å². The molecule has 2 N–H and O–H groups in total. The van der Waals surface area contributed by atoms with Crippen molar-refractivity contribution in [3.8, 4) is 17.2 Å². The van der Waals surface area contributed by atoms with Gasteiger partial charge < -0.3 is 14.9 Å². The number of carbonyl (C=O) groups is 1. The summed E-state index contributed by atoms with van der Waals surface area (Å²) in [7, 11) is 0. The summed E-state index contributed by atoms with van der Waals surface area (Å²) < 4.78 is 4.83. The molecule has 0 aliphatic heterocycles. The van der Waals surface area contributed by atoms with Crippen LogP contribution in [0.3, 0.4) is 0 Å². The summed E-state index contributed by atoms with van der Waals surface area (Å²) in [5.41, 5.74) is -0.110. The summed E-state index contributed by atoms with van der Waals surface area (Å²) in [5.74, 6) is -0.811. The first-order valence-electron chi connectivity index (χ1n) is 3.90. The third-order valence-electron chi connectivity index (χ3n) is 1.64. The topological polar surface area (TPSA) is 66.8 Å². The van der Waals surface area contributed by atoms with E-state index in [0.29, 0.717) is 0 Å². The molecule has 1 rings (SSSR count). The Hall–Kier alpha value is -1.97. The third-order valence-corrected chi connectivity index (χ3v) is 1.64. The van der Waals surface area contributed by atoms with Crippen LogP contribution in [-0.2, 0) is 0 Å². The number of ether oxygens (including phenoxy) is 1. The molecule has 0 aliphatic carbocycles. The quantitative estimate of drug-likeness (QED) is 0.569. The molecule has 0 saturated carbocycles. The number of carbonyl (C=O) groups excluding carboxylic acids is 1. The zero-order chi connectivity index (χ0) is 10.7. The van der Waals surface area contributed by atoms with Gasteiger partial charge in [-0.25, -0.2) is 0 Å². The number of benzene rings is 1. The Morgan fingerprint density at radius 3 is 2.29 bits per heavy atom. The Kier molecular flexibility index (Phi) is 2.76. The van der Waals surface area contributed by atoms with Crippen molar-refractivity contribution in [1.29, 1.82) is 0 Å². The Labute approximate surface area is 81.1 Å². The van der Waals surface area contributed by atoms with Crippen LogP contribution in [0, 0.1) is 0 Å². The van der Waals surface area contributed by atoms with Crippen LogP contribution in [0.15, 0.2) is 25.0 Å². The summed E-state index contributed by atoms with van der Waals surface area (Å²) >= 11 is 0. The fraction of sp³-hybridized carbons (Fsp3) is 0.100. The van der Waals surface area contributed by atoms with Crippen molar-refractivity contribution < 1.29 is 19.7 Å². The lowest BCUT2D eigenvalue weighted by Crippen LogP contribution is -1.94. The van der Waals surface area contributed by atoms with Gasteiger partial charge in [0.05, 0.1) is 6.26 Å². The van der Waals surface area contributed by atoms with Crippen LogP contribution in [0.25, 0.3) is 0 Å². The second-order valence-electron chi connectivity index (χ2n) is 2.68. The minimum atomic E-state index is -0.412. The summed E-state index contributed by atoms with van der Waals surface area (Å²) in [4.78, 5) is 11.0. The normalized spacial score (nSPS) is 9.50. The van der Waals surface area contributed by atoms with Crippen molar-refractivity contribution in [2.75, 3.05) is 0 Å².